The SMILES string of the molecule is CC1CCN(c2cc(C(=O)Nc3ccccc3Cl)ncn2)CC1. The maximum atomic E-state index is 12.4. The third kappa shape index (κ3) is 3.79. The molecule has 0 unspecified atom stereocenters. The predicted octanol–water partition coefficient (Wildman–Crippen LogP) is 3.62. The lowest BCUT2D eigenvalue weighted by atomic mass is 9.99. The van der Waals surface area contributed by atoms with Crippen LogP contribution in [0.25, 0.3) is 0 Å². The number of carbonyl (C=O) groups excluding carboxylic acids is 1. The number of hydrogen-bond donors (Lipinski definition) is 1. The molecule has 1 aromatic heterocycles. The van der Waals surface area contributed by atoms with Crippen LogP contribution in [0.4, 0.5) is 11.5 Å². The largest absolute Gasteiger partial charge is 0.356 e. The van der Waals surface area contributed by atoms with Crippen LogP contribution in [0.2, 0.25) is 5.02 Å². The third-order valence-electron chi connectivity index (χ3n) is 4.11. The molecule has 1 aliphatic heterocycles. The van der Waals surface area contributed by atoms with E-state index >= 15 is 0 Å². The van der Waals surface area contributed by atoms with Gasteiger partial charge in [0.15, 0.2) is 0 Å². The third-order valence-corrected chi connectivity index (χ3v) is 4.44. The van der Waals surface area contributed by atoms with Gasteiger partial charge in [-0.3, -0.25) is 4.79 Å². The second-order valence-electron chi connectivity index (χ2n) is 5.86. The van der Waals surface area contributed by atoms with Crippen LogP contribution in [0.15, 0.2) is 36.7 Å². The van der Waals surface area contributed by atoms with Gasteiger partial charge in [-0.15, -0.1) is 0 Å². The fourth-order valence-electron chi connectivity index (χ4n) is 2.63. The number of hydrogen-bond acceptors (Lipinski definition) is 4. The number of nitrogens with zero attached hydrogens (tertiary/aromatic N) is 3. The second kappa shape index (κ2) is 6.96. The second-order valence-corrected chi connectivity index (χ2v) is 6.27. The smallest absolute Gasteiger partial charge is 0.274 e. The molecule has 1 saturated heterocycles. The highest BCUT2D eigenvalue weighted by atomic mass is 35.5. The van der Waals surface area contributed by atoms with Crippen LogP contribution in [0, 0.1) is 5.92 Å². The number of halogens is 1. The van der Waals surface area contributed by atoms with Crippen LogP contribution in [-0.2, 0) is 0 Å². The zero-order valence-corrected chi connectivity index (χ0v) is 13.8. The van der Waals surface area contributed by atoms with Gasteiger partial charge in [0.25, 0.3) is 5.91 Å². The highest BCUT2D eigenvalue weighted by molar-refractivity contribution is 6.33. The van der Waals surface area contributed by atoms with Crippen molar-refractivity contribution in [3.8, 4) is 0 Å². The van der Waals surface area contributed by atoms with E-state index < -0.39 is 0 Å². The molecule has 0 spiro atoms. The molecule has 0 radical (unpaired) electrons. The average molecular weight is 331 g/mol. The molecule has 6 heteroatoms. The van der Waals surface area contributed by atoms with Gasteiger partial charge >= 0.3 is 0 Å². The van der Waals surface area contributed by atoms with E-state index in [0.29, 0.717) is 16.4 Å². The molecule has 0 aliphatic carbocycles. The Hall–Kier alpha value is -2.14. The lowest BCUT2D eigenvalue weighted by Crippen LogP contribution is -2.33. The molecule has 1 N–H and O–H groups in total. The van der Waals surface area contributed by atoms with E-state index in [1.165, 1.54) is 6.33 Å². The van der Waals surface area contributed by atoms with Gasteiger partial charge in [-0.2, -0.15) is 0 Å². The van der Waals surface area contributed by atoms with E-state index in [2.05, 4.69) is 27.1 Å². The Balaban J connectivity index is 1.74. The Kier molecular flexibility index (Phi) is 4.76. The minimum Gasteiger partial charge on any atom is -0.356 e. The number of nitrogens with one attached hydrogen (secondary N) is 1. The summed E-state index contributed by atoms with van der Waals surface area (Å²) in [5.74, 6) is 1.26. The van der Waals surface area contributed by atoms with Crippen molar-refractivity contribution in [1.82, 2.24) is 9.97 Å². The average Bonchev–Trinajstić information content (AvgIpc) is 2.58. The molecule has 3 rings (SSSR count). The van der Waals surface area contributed by atoms with Crippen molar-refractivity contribution in [3.05, 3.63) is 47.4 Å². The Morgan fingerprint density at radius 3 is 2.74 bits per heavy atom. The number of para-hydroxylation sites is 1. The summed E-state index contributed by atoms with van der Waals surface area (Å²) in [6.45, 7) is 4.19. The van der Waals surface area contributed by atoms with Gasteiger partial charge in [0.2, 0.25) is 0 Å². The van der Waals surface area contributed by atoms with E-state index in [9.17, 15) is 4.79 Å². The standard InChI is InChI=1S/C17H19ClN4O/c1-12-6-8-22(9-7-12)16-10-15(19-11-20-16)17(23)21-14-5-3-2-4-13(14)18/h2-5,10-12H,6-9H2,1H3,(H,21,23). The van der Waals surface area contributed by atoms with Crippen molar-refractivity contribution in [3.63, 3.8) is 0 Å². The first-order valence-corrected chi connectivity index (χ1v) is 8.14. The van der Waals surface area contributed by atoms with Crippen LogP contribution >= 0.6 is 11.6 Å². The summed E-state index contributed by atoms with van der Waals surface area (Å²) >= 11 is 6.07. The number of anilines is 2. The zero-order valence-electron chi connectivity index (χ0n) is 13.0. The minimum atomic E-state index is -0.285. The predicted molar refractivity (Wildman–Crippen MR) is 92.0 cm³/mol. The maximum Gasteiger partial charge on any atom is 0.274 e. The van der Waals surface area contributed by atoms with Gasteiger partial charge in [-0.1, -0.05) is 30.7 Å². The Morgan fingerprint density at radius 2 is 2.00 bits per heavy atom. The zero-order chi connectivity index (χ0) is 16.2. The van der Waals surface area contributed by atoms with Gasteiger partial charge in [0.1, 0.15) is 17.8 Å². The first kappa shape index (κ1) is 15.7. The van der Waals surface area contributed by atoms with E-state index in [1.54, 1.807) is 18.2 Å². The molecule has 1 amide bonds. The van der Waals surface area contributed by atoms with Gasteiger partial charge in [-0.05, 0) is 30.9 Å². The molecule has 1 fully saturated rings. The van der Waals surface area contributed by atoms with Crippen LogP contribution < -0.4 is 10.2 Å². The van der Waals surface area contributed by atoms with Crippen molar-refractivity contribution in [2.45, 2.75) is 19.8 Å². The van der Waals surface area contributed by atoms with Gasteiger partial charge in [-0.25, -0.2) is 9.97 Å². The van der Waals surface area contributed by atoms with Crippen molar-refractivity contribution >= 4 is 29.0 Å². The number of piperidine rings is 1. The first-order chi connectivity index (χ1) is 11.1. The molecular formula is C17H19ClN4O. The van der Waals surface area contributed by atoms with Crippen LogP contribution in [-0.4, -0.2) is 29.0 Å². The summed E-state index contributed by atoms with van der Waals surface area (Å²) in [4.78, 5) is 23.0. The Morgan fingerprint density at radius 1 is 1.26 bits per heavy atom. The highest BCUT2D eigenvalue weighted by Crippen LogP contribution is 2.23. The van der Waals surface area contributed by atoms with Crippen molar-refractivity contribution in [1.29, 1.82) is 0 Å². The molecule has 2 aromatic rings. The number of carbonyl (C=O) groups is 1. The maximum absolute atomic E-state index is 12.4. The summed E-state index contributed by atoms with van der Waals surface area (Å²) < 4.78 is 0. The molecule has 0 saturated carbocycles. The molecule has 2 heterocycles. The summed E-state index contributed by atoms with van der Waals surface area (Å²) in [7, 11) is 0. The number of benzene rings is 1. The summed E-state index contributed by atoms with van der Waals surface area (Å²) in [5, 5.41) is 3.28. The van der Waals surface area contributed by atoms with E-state index in [0.717, 1.165) is 37.7 Å². The van der Waals surface area contributed by atoms with Crippen LogP contribution in [0.1, 0.15) is 30.3 Å². The molecule has 0 atom stereocenters. The molecule has 23 heavy (non-hydrogen) atoms. The Labute approximate surface area is 140 Å². The van der Waals surface area contributed by atoms with Crippen molar-refractivity contribution < 1.29 is 4.79 Å². The van der Waals surface area contributed by atoms with Crippen molar-refractivity contribution in [2.24, 2.45) is 5.92 Å². The van der Waals surface area contributed by atoms with Gasteiger partial charge in [0, 0.05) is 19.2 Å². The van der Waals surface area contributed by atoms with E-state index in [1.807, 2.05) is 12.1 Å². The van der Waals surface area contributed by atoms with E-state index in [4.69, 9.17) is 11.6 Å². The summed E-state index contributed by atoms with van der Waals surface area (Å²) in [6, 6.07) is 8.87. The molecule has 1 aromatic carbocycles. The molecule has 1 aliphatic rings. The topological polar surface area (TPSA) is 58.1 Å². The fourth-order valence-corrected chi connectivity index (χ4v) is 2.81. The van der Waals surface area contributed by atoms with Gasteiger partial charge < -0.3 is 10.2 Å². The number of aromatic nitrogens is 2. The lowest BCUT2D eigenvalue weighted by Gasteiger charge is -2.31. The molecule has 120 valence electrons. The normalized spacial score (nSPS) is 15.5. The van der Waals surface area contributed by atoms with Crippen LogP contribution in [0.5, 0.6) is 0 Å². The molecule has 5 nitrogen and oxygen atoms in total. The number of rotatable bonds is 3. The fraction of sp³-hybridized carbons (Fsp3) is 0.353. The van der Waals surface area contributed by atoms with E-state index in [-0.39, 0.29) is 5.91 Å². The monoisotopic (exact) mass is 330 g/mol. The minimum absolute atomic E-state index is 0.285. The first-order valence-electron chi connectivity index (χ1n) is 7.76. The molecule has 0 bridgehead atoms. The summed E-state index contributed by atoms with van der Waals surface area (Å²) in [5.41, 5.74) is 0.916. The quantitative estimate of drug-likeness (QED) is 0.933. The van der Waals surface area contributed by atoms with Crippen LogP contribution in [0.3, 0.4) is 0 Å². The summed E-state index contributed by atoms with van der Waals surface area (Å²) in [6.07, 6.45) is 3.73. The van der Waals surface area contributed by atoms with Gasteiger partial charge in [0.05, 0.1) is 10.7 Å². The Bertz CT molecular complexity index is 698. The molecular weight excluding hydrogens is 312 g/mol. The highest BCUT2D eigenvalue weighted by Gasteiger charge is 2.18. The number of amides is 1. The van der Waals surface area contributed by atoms with Crippen molar-refractivity contribution in [2.75, 3.05) is 23.3 Å². The lowest BCUT2D eigenvalue weighted by molar-refractivity contribution is 0.102.